The van der Waals surface area contributed by atoms with Crippen molar-refractivity contribution in [2.75, 3.05) is 32.8 Å². The molecular formula is C17H25NO2. The minimum absolute atomic E-state index is 0.0373. The highest BCUT2D eigenvalue weighted by Crippen LogP contribution is 2.28. The van der Waals surface area contributed by atoms with E-state index in [1.54, 1.807) is 0 Å². The van der Waals surface area contributed by atoms with Crippen molar-refractivity contribution >= 4 is 0 Å². The lowest BCUT2D eigenvalue weighted by atomic mass is 9.95. The number of benzene rings is 1. The Hall–Kier alpha value is -0.900. The topological polar surface area (TPSA) is 21.7 Å². The highest BCUT2D eigenvalue weighted by atomic mass is 16.7. The molecule has 0 aromatic heterocycles. The molecule has 0 spiro atoms. The van der Waals surface area contributed by atoms with E-state index in [1.807, 2.05) is 0 Å². The fourth-order valence-electron chi connectivity index (χ4n) is 3.42. The van der Waals surface area contributed by atoms with Crippen molar-refractivity contribution in [1.82, 2.24) is 4.90 Å². The summed E-state index contributed by atoms with van der Waals surface area (Å²) in [6.07, 6.45) is 2.31. The molecule has 0 bridgehead atoms. The van der Waals surface area contributed by atoms with Crippen molar-refractivity contribution in [3.63, 3.8) is 0 Å². The molecule has 0 aliphatic carbocycles. The van der Waals surface area contributed by atoms with Gasteiger partial charge in [-0.3, -0.25) is 0 Å². The summed E-state index contributed by atoms with van der Waals surface area (Å²) in [6.45, 7) is 9.37. The molecule has 1 atom stereocenters. The van der Waals surface area contributed by atoms with Gasteiger partial charge >= 0.3 is 0 Å². The summed E-state index contributed by atoms with van der Waals surface area (Å²) in [5.41, 5.74) is 4.27. The van der Waals surface area contributed by atoms with Crippen molar-refractivity contribution in [1.29, 1.82) is 0 Å². The molecule has 20 heavy (non-hydrogen) atoms. The van der Waals surface area contributed by atoms with Gasteiger partial charge in [0.15, 0.2) is 6.29 Å². The van der Waals surface area contributed by atoms with Gasteiger partial charge in [-0.15, -0.1) is 0 Å². The average Bonchev–Trinajstić information content (AvgIpc) is 3.07. The lowest BCUT2D eigenvalue weighted by Crippen LogP contribution is -2.25. The van der Waals surface area contributed by atoms with Crippen molar-refractivity contribution < 1.29 is 9.47 Å². The van der Waals surface area contributed by atoms with Gasteiger partial charge in [-0.05, 0) is 38.3 Å². The molecule has 2 saturated heterocycles. The summed E-state index contributed by atoms with van der Waals surface area (Å²) < 4.78 is 11.0. The third-order valence-corrected chi connectivity index (χ3v) is 4.36. The summed E-state index contributed by atoms with van der Waals surface area (Å²) in [5, 5.41) is 0. The maximum absolute atomic E-state index is 5.51. The van der Waals surface area contributed by atoms with E-state index >= 15 is 0 Å². The van der Waals surface area contributed by atoms with E-state index in [1.165, 1.54) is 36.2 Å². The molecular weight excluding hydrogens is 250 g/mol. The Balaban J connectivity index is 1.53. The largest absolute Gasteiger partial charge is 0.350 e. The van der Waals surface area contributed by atoms with Crippen molar-refractivity contribution in [2.45, 2.75) is 38.9 Å². The van der Waals surface area contributed by atoms with E-state index in [9.17, 15) is 0 Å². The van der Waals surface area contributed by atoms with E-state index in [2.05, 4.69) is 36.9 Å². The first-order valence-electron chi connectivity index (χ1n) is 7.74. The average molecular weight is 275 g/mol. The first-order valence-corrected chi connectivity index (χ1v) is 7.74. The third kappa shape index (κ3) is 3.40. The molecule has 3 rings (SSSR count). The van der Waals surface area contributed by atoms with Gasteiger partial charge in [0.05, 0.1) is 13.2 Å². The minimum atomic E-state index is 0.0373. The molecule has 1 aromatic rings. The summed E-state index contributed by atoms with van der Waals surface area (Å²) in [4.78, 5) is 2.55. The molecule has 2 fully saturated rings. The standard InChI is InChI=1S/C17H25NO2/c1-13-9-14(2)11-16(10-13)15-3-5-18(12-15)6-4-17-19-7-8-20-17/h9-11,15,17H,3-8,12H2,1-2H3. The Morgan fingerprint density at radius 1 is 1.10 bits per heavy atom. The van der Waals surface area contributed by atoms with Gasteiger partial charge in [-0.25, -0.2) is 0 Å². The smallest absolute Gasteiger partial charge is 0.159 e. The number of aryl methyl sites for hydroxylation is 2. The fraction of sp³-hybridized carbons (Fsp3) is 0.647. The molecule has 1 aromatic carbocycles. The van der Waals surface area contributed by atoms with Crippen LogP contribution in [0.4, 0.5) is 0 Å². The molecule has 0 radical (unpaired) electrons. The van der Waals surface area contributed by atoms with Gasteiger partial charge in [-0.2, -0.15) is 0 Å². The van der Waals surface area contributed by atoms with Gasteiger partial charge in [0.25, 0.3) is 0 Å². The molecule has 2 aliphatic heterocycles. The highest BCUT2D eigenvalue weighted by Gasteiger charge is 2.25. The fourth-order valence-corrected chi connectivity index (χ4v) is 3.42. The summed E-state index contributed by atoms with van der Waals surface area (Å²) in [5.74, 6) is 0.694. The van der Waals surface area contributed by atoms with Crippen molar-refractivity contribution in [2.24, 2.45) is 0 Å². The Morgan fingerprint density at radius 2 is 1.80 bits per heavy atom. The normalized spacial score (nSPS) is 24.6. The molecule has 0 saturated carbocycles. The van der Waals surface area contributed by atoms with E-state index in [0.717, 1.165) is 26.2 Å². The van der Waals surface area contributed by atoms with E-state index in [4.69, 9.17) is 9.47 Å². The number of nitrogens with zero attached hydrogens (tertiary/aromatic N) is 1. The molecule has 2 heterocycles. The van der Waals surface area contributed by atoms with Gasteiger partial charge in [0.2, 0.25) is 0 Å². The van der Waals surface area contributed by atoms with Gasteiger partial charge in [0, 0.05) is 19.5 Å². The van der Waals surface area contributed by atoms with E-state index in [0.29, 0.717) is 5.92 Å². The lowest BCUT2D eigenvalue weighted by Gasteiger charge is -2.18. The summed E-state index contributed by atoms with van der Waals surface area (Å²) in [6, 6.07) is 6.96. The maximum atomic E-state index is 5.51. The number of hydrogen-bond donors (Lipinski definition) is 0. The Bertz CT molecular complexity index is 434. The zero-order valence-electron chi connectivity index (χ0n) is 12.6. The van der Waals surface area contributed by atoms with E-state index < -0.39 is 0 Å². The van der Waals surface area contributed by atoms with E-state index in [-0.39, 0.29) is 6.29 Å². The first kappa shape index (κ1) is 14.1. The quantitative estimate of drug-likeness (QED) is 0.843. The number of hydrogen-bond acceptors (Lipinski definition) is 3. The maximum Gasteiger partial charge on any atom is 0.159 e. The van der Waals surface area contributed by atoms with Crippen LogP contribution in [-0.4, -0.2) is 44.0 Å². The van der Waals surface area contributed by atoms with Crippen LogP contribution in [0.25, 0.3) is 0 Å². The van der Waals surface area contributed by atoms with Crippen LogP contribution in [0.1, 0.15) is 35.4 Å². The van der Waals surface area contributed by atoms with Crippen LogP contribution in [-0.2, 0) is 9.47 Å². The SMILES string of the molecule is Cc1cc(C)cc(C2CCN(CCC3OCCO3)C2)c1. The molecule has 3 heteroatoms. The molecule has 0 amide bonds. The Morgan fingerprint density at radius 3 is 2.50 bits per heavy atom. The Kier molecular flexibility index (Phi) is 4.39. The Labute approximate surface area is 121 Å². The second-order valence-corrected chi connectivity index (χ2v) is 6.17. The minimum Gasteiger partial charge on any atom is -0.350 e. The zero-order chi connectivity index (χ0) is 13.9. The van der Waals surface area contributed by atoms with Crippen LogP contribution in [0.5, 0.6) is 0 Å². The number of rotatable bonds is 4. The molecule has 110 valence electrons. The number of likely N-dealkylation sites (tertiary alicyclic amines) is 1. The van der Waals surface area contributed by atoms with Gasteiger partial charge < -0.3 is 14.4 Å². The predicted octanol–water partition coefficient (Wildman–Crippen LogP) is 2.86. The van der Waals surface area contributed by atoms with Gasteiger partial charge in [0.1, 0.15) is 0 Å². The summed E-state index contributed by atoms with van der Waals surface area (Å²) >= 11 is 0. The van der Waals surface area contributed by atoms with Crippen LogP contribution in [0.2, 0.25) is 0 Å². The first-order chi connectivity index (χ1) is 9.70. The van der Waals surface area contributed by atoms with Crippen molar-refractivity contribution in [3.8, 4) is 0 Å². The van der Waals surface area contributed by atoms with Crippen LogP contribution in [0, 0.1) is 13.8 Å². The monoisotopic (exact) mass is 275 g/mol. The second-order valence-electron chi connectivity index (χ2n) is 6.17. The molecule has 1 unspecified atom stereocenters. The lowest BCUT2D eigenvalue weighted by molar-refractivity contribution is -0.0506. The summed E-state index contributed by atoms with van der Waals surface area (Å²) in [7, 11) is 0. The van der Waals surface area contributed by atoms with Crippen molar-refractivity contribution in [3.05, 3.63) is 34.9 Å². The van der Waals surface area contributed by atoms with Gasteiger partial charge in [-0.1, -0.05) is 29.3 Å². The van der Waals surface area contributed by atoms with Crippen LogP contribution >= 0.6 is 0 Å². The zero-order valence-corrected chi connectivity index (χ0v) is 12.6. The third-order valence-electron chi connectivity index (χ3n) is 4.36. The second kappa shape index (κ2) is 6.25. The van der Waals surface area contributed by atoms with Crippen LogP contribution in [0.15, 0.2) is 18.2 Å². The van der Waals surface area contributed by atoms with Crippen LogP contribution in [0.3, 0.4) is 0 Å². The predicted molar refractivity (Wildman–Crippen MR) is 80.0 cm³/mol. The molecule has 3 nitrogen and oxygen atoms in total. The highest BCUT2D eigenvalue weighted by molar-refractivity contribution is 5.31. The molecule has 0 N–H and O–H groups in total. The number of ether oxygens (including phenoxy) is 2. The molecule has 2 aliphatic rings. The van der Waals surface area contributed by atoms with Crippen LogP contribution < -0.4 is 0 Å².